The Morgan fingerprint density at radius 3 is 2.43 bits per heavy atom. The molecule has 0 radical (unpaired) electrons. The average Bonchev–Trinajstić information content (AvgIpc) is 2.48. The monoisotopic (exact) mass is 341 g/mol. The fraction of sp³-hybridized carbons (Fsp3) is 0.571. The van der Waals surface area contributed by atoms with E-state index in [0.717, 1.165) is 12.8 Å². The molecule has 1 heterocycles. The van der Waals surface area contributed by atoms with E-state index in [-0.39, 0.29) is 22.3 Å². The first kappa shape index (κ1) is 18.9. The number of thiocarbonyl (C=S) groups is 1. The minimum absolute atomic E-state index is 0.0599. The Kier molecular flexibility index (Phi) is 7.46. The molecule has 9 heteroatoms. The Bertz CT molecular complexity index is 680. The van der Waals surface area contributed by atoms with Crippen LogP contribution in [0.3, 0.4) is 0 Å². The first-order valence-electron chi connectivity index (χ1n) is 7.58. The fourth-order valence-corrected chi connectivity index (χ4v) is 2.19. The van der Waals surface area contributed by atoms with Crippen LogP contribution in [0.15, 0.2) is 15.7 Å². The van der Waals surface area contributed by atoms with E-state index in [1.807, 2.05) is 13.8 Å². The number of rotatable bonds is 7. The molecule has 0 unspecified atom stereocenters. The molecule has 23 heavy (non-hydrogen) atoms. The number of anilines is 1. The van der Waals surface area contributed by atoms with Crippen molar-refractivity contribution in [2.45, 2.75) is 53.1 Å². The Labute approximate surface area is 139 Å². The van der Waals surface area contributed by atoms with Crippen LogP contribution in [0.25, 0.3) is 0 Å². The molecular weight excluding hydrogens is 318 g/mol. The topological polar surface area (TPSA) is 97.2 Å². The molecule has 0 aliphatic heterocycles. The molecular formula is C14H23N5O3S. The Morgan fingerprint density at radius 2 is 1.87 bits per heavy atom. The molecule has 0 aromatic carbocycles. The normalized spacial score (nSPS) is 10.2. The first-order valence-corrected chi connectivity index (χ1v) is 7.99. The lowest BCUT2D eigenvalue weighted by atomic mass is 10.3. The smallest absolute Gasteiger partial charge is 0.302 e. The maximum atomic E-state index is 12.5. The Morgan fingerprint density at radius 1 is 1.17 bits per heavy atom. The largest absolute Gasteiger partial charge is 0.332 e. The fourth-order valence-electron chi connectivity index (χ4n) is 1.99. The summed E-state index contributed by atoms with van der Waals surface area (Å²) in [5.41, 5.74) is 4.58. The second-order valence-electron chi connectivity index (χ2n) is 5.07. The van der Waals surface area contributed by atoms with Gasteiger partial charge in [-0.3, -0.25) is 29.6 Å². The lowest BCUT2D eigenvalue weighted by Crippen LogP contribution is -2.45. The maximum absolute atomic E-state index is 12.5. The van der Waals surface area contributed by atoms with Crippen molar-refractivity contribution >= 4 is 29.1 Å². The van der Waals surface area contributed by atoms with Gasteiger partial charge in [0.05, 0.1) is 0 Å². The molecule has 1 rings (SSSR count). The van der Waals surface area contributed by atoms with Crippen molar-refractivity contribution in [3.05, 3.63) is 26.9 Å². The maximum Gasteiger partial charge on any atom is 0.332 e. The average molecular weight is 341 g/mol. The number of unbranched alkanes of at least 4 members (excludes halogenated alkanes) is 1. The van der Waals surface area contributed by atoms with Crippen LogP contribution in [0.2, 0.25) is 0 Å². The van der Waals surface area contributed by atoms with Gasteiger partial charge < -0.3 is 5.32 Å². The Hall–Kier alpha value is -2.16. The number of aromatic nitrogens is 2. The summed E-state index contributed by atoms with van der Waals surface area (Å²) in [6.07, 6.45) is 2.41. The van der Waals surface area contributed by atoms with Gasteiger partial charge in [-0.1, -0.05) is 20.3 Å². The van der Waals surface area contributed by atoms with E-state index >= 15 is 0 Å². The lowest BCUT2D eigenvalue weighted by molar-refractivity contribution is -0.117. The molecule has 0 saturated carbocycles. The molecule has 8 nitrogen and oxygen atoms in total. The third-order valence-corrected chi connectivity index (χ3v) is 3.26. The summed E-state index contributed by atoms with van der Waals surface area (Å²) >= 11 is 4.92. The minimum Gasteiger partial charge on any atom is -0.302 e. The molecule has 0 bridgehead atoms. The molecule has 1 aromatic heterocycles. The number of hydrogen-bond donors (Lipinski definition) is 3. The summed E-state index contributed by atoms with van der Waals surface area (Å²) in [6, 6.07) is 1.34. The molecule has 0 atom stereocenters. The van der Waals surface area contributed by atoms with Gasteiger partial charge in [0.25, 0.3) is 5.56 Å². The molecule has 128 valence electrons. The van der Waals surface area contributed by atoms with Crippen LogP contribution in [-0.4, -0.2) is 20.2 Å². The van der Waals surface area contributed by atoms with Gasteiger partial charge in [0, 0.05) is 26.1 Å². The highest BCUT2D eigenvalue weighted by atomic mass is 32.1. The van der Waals surface area contributed by atoms with Gasteiger partial charge in [-0.05, 0) is 25.1 Å². The minimum atomic E-state index is -0.376. The molecule has 0 aliphatic carbocycles. The third-order valence-electron chi connectivity index (χ3n) is 3.05. The van der Waals surface area contributed by atoms with Crippen LogP contribution in [0.1, 0.15) is 40.0 Å². The second-order valence-corrected chi connectivity index (χ2v) is 5.48. The van der Waals surface area contributed by atoms with Crippen molar-refractivity contribution in [1.82, 2.24) is 19.9 Å². The number of nitrogens with one attached hydrogen (secondary N) is 3. The van der Waals surface area contributed by atoms with E-state index in [4.69, 9.17) is 12.2 Å². The predicted molar refractivity (Wildman–Crippen MR) is 93.3 cm³/mol. The SMILES string of the molecule is CCCCn1c(NNC(=S)NC(C)=O)cc(=O)n(CCC)c1=O. The van der Waals surface area contributed by atoms with E-state index in [1.165, 1.54) is 22.1 Å². The molecule has 0 spiro atoms. The summed E-state index contributed by atoms with van der Waals surface area (Å²) in [6.45, 7) is 6.11. The summed E-state index contributed by atoms with van der Waals surface area (Å²) in [4.78, 5) is 35.5. The Balaban J connectivity index is 3.09. The van der Waals surface area contributed by atoms with Gasteiger partial charge in [0.15, 0.2) is 5.11 Å². The van der Waals surface area contributed by atoms with E-state index in [0.29, 0.717) is 25.3 Å². The molecule has 3 N–H and O–H groups in total. The highest BCUT2D eigenvalue weighted by Gasteiger charge is 2.11. The number of amides is 1. The predicted octanol–water partition coefficient (Wildman–Crippen LogP) is 0.558. The van der Waals surface area contributed by atoms with Crippen LogP contribution in [0, 0.1) is 0 Å². The van der Waals surface area contributed by atoms with Crippen LogP contribution in [0.5, 0.6) is 0 Å². The molecule has 0 saturated heterocycles. The highest BCUT2D eigenvalue weighted by molar-refractivity contribution is 7.80. The van der Waals surface area contributed by atoms with Crippen LogP contribution in [-0.2, 0) is 17.9 Å². The molecule has 0 aliphatic rings. The number of carbonyl (C=O) groups is 1. The summed E-state index contributed by atoms with van der Waals surface area (Å²) < 4.78 is 2.71. The van der Waals surface area contributed by atoms with Crippen molar-refractivity contribution in [3.63, 3.8) is 0 Å². The van der Waals surface area contributed by atoms with Gasteiger partial charge >= 0.3 is 5.69 Å². The number of hydrazine groups is 1. The van der Waals surface area contributed by atoms with Crippen LogP contribution >= 0.6 is 12.2 Å². The van der Waals surface area contributed by atoms with E-state index in [2.05, 4.69) is 16.2 Å². The number of hydrogen-bond acceptors (Lipinski definition) is 5. The number of carbonyl (C=O) groups excluding carboxylic acids is 1. The molecule has 0 fully saturated rings. The quantitative estimate of drug-likeness (QED) is 0.495. The van der Waals surface area contributed by atoms with Gasteiger partial charge in [0.2, 0.25) is 5.91 Å². The van der Waals surface area contributed by atoms with E-state index < -0.39 is 0 Å². The number of nitrogens with zero attached hydrogens (tertiary/aromatic N) is 2. The molecule has 1 amide bonds. The van der Waals surface area contributed by atoms with Gasteiger partial charge in [-0.25, -0.2) is 4.79 Å². The third kappa shape index (κ3) is 5.51. The van der Waals surface area contributed by atoms with Crippen molar-refractivity contribution in [2.75, 3.05) is 5.43 Å². The van der Waals surface area contributed by atoms with Crippen LogP contribution < -0.4 is 27.4 Å². The van der Waals surface area contributed by atoms with E-state index in [1.54, 1.807) is 0 Å². The summed E-state index contributed by atoms with van der Waals surface area (Å²) in [7, 11) is 0. The second kappa shape index (κ2) is 9.09. The van der Waals surface area contributed by atoms with Gasteiger partial charge in [-0.15, -0.1) is 0 Å². The standard InChI is InChI=1S/C14H23N5O3S/c1-4-6-8-18-11(16-17-13(23)15-10(3)20)9-12(21)19(7-5-2)14(18)22/h9,16H,4-8H2,1-3H3,(H2,15,17,20,23). The van der Waals surface area contributed by atoms with Crippen molar-refractivity contribution < 1.29 is 4.79 Å². The lowest BCUT2D eigenvalue weighted by Gasteiger charge is -2.17. The highest BCUT2D eigenvalue weighted by Crippen LogP contribution is 2.02. The van der Waals surface area contributed by atoms with Crippen molar-refractivity contribution in [2.24, 2.45) is 0 Å². The van der Waals surface area contributed by atoms with Crippen molar-refractivity contribution in [3.8, 4) is 0 Å². The summed E-state index contributed by atoms with van der Waals surface area (Å²) in [5, 5.41) is 2.44. The van der Waals surface area contributed by atoms with Gasteiger partial charge in [-0.2, -0.15) is 0 Å². The first-order chi connectivity index (χ1) is 10.9. The molecule has 1 aromatic rings. The van der Waals surface area contributed by atoms with Gasteiger partial charge in [0.1, 0.15) is 5.82 Å². The zero-order valence-electron chi connectivity index (χ0n) is 13.6. The van der Waals surface area contributed by atoms with Crippen LogP contribution in [0.4, 0.5) is 5.82 Å². The summed E-state index contributed by atoms with van der Waals surface area (Å²) in [5.74, 6) is -0.000424. The zero-order valence-corrected chi connectivity index (χ0v) is 14.5. The van der Waals surface area contributed by atoms with E-state index in [9.17, 15) is 14.4 Å². The van der Waals surface area contributed by atoms with Crippen molar-refractivity contribution in [1.29, 1.82) is 0 Å². The zero-order chi connectivity index (χ0) is 17.4.